The van der Waals surface area contributed by atoms with Crippen molar-refractivity contribution in [3.8, 4) is 6.07 Å². The molecule has 9 heteroatoms. The minimum absolute atomic E-state index is 0.0720. The number of aromatic nitrogens is 4. The molecule has 24 heavy (non-hydrogen) atoms. The van der Waals surface area contributed by atoms with Crippen LogP contribution in [-0.2, 0) is 0 Å². The van der Waals surface area contributed by atoms with Crippen LogP contribution in [0.2, 0.25) is 0 Å². The number of hydrogen-bond acceptors (Lipinski definition) is 7. The van der Waals surface area contributed by atoms with E-state index in [1.54, 1.807) is 19.1 Å². The number of pyridine rings is 1. The number of nitriles is 1. The Balaban J connectivity index is 1.57. The summed E-state index contributed by atoms with van der Waals surface area (Å²) in [5.74, 6) is 0.660. The highest BCUT2D eigenvalue weighted by atomic mass is 16.1. The number of anilines is 2. The van der Waals surface area contributed by atoms with Gasteiger partial charge in [-0.05, 0) is 31.9 Å². The summed E-state index contributed by atoms with van der Waals surface area (Å²) >= 11 is 0. The van der Waals surface area contributed by atoms with E-state index < -0.39 is 0 Å². The van der Waals surface area contributed by atoms with Crippen molar-refractivity contribution < 1.29 is 4.79 Å². The van der Waals surface area contributed by atoms with Crippen LogP contribution in [0.1, 0.15) is 34.6 Å². The highest BCUT2D eigenvalue weighted by Gasteiger charge is 2.23. The van der Waals surface area contributed by atoms with Crippen LogP contribution in [0, 0.1) is 18.3 Å². The maximum atomic E-state index is 12.3. The number of carbonyl (C=O) groups is 1. The lowest BCUT2D eigenvalue weighted by atomic mass is 10.1. The summed E-state index contributed by atoms with van der Waals surface area (Å²) in [7, 11) is 0. The van der Waals surface area contributed by atoms with Crippen molar-refractivity contribution in [1.82, 2.24) is 25.5 Å². The second-order valence-electron chi connectivity index (χ2n) is 5.70. The lowest BCUT2D eigenvalue weighted by Crippen LogP contribution is -2.45. The molecule has 2 aromatic heterocycles. The summed E-state index contributed by atoms with van der Waals surface area (Å²) in [5.41, 5.74) is 6.90. The van der Waals surface area contributed by atoms with Crippen LogP contribution in [-0.4, -0.2) is 45.2 Å². The van der Waals surface area contributed by atoms with E-state index in [-0.39, 0.29) is 11.9 Å². The van der Waals surface area contributed by atoms with E-state index in [2.05, 4.69) is 25.5 Å². The topological polar surface area (TPSA) is 137 Å². The van der Waals surface area contributed by atoms with Crippen LogP contribution in [0.3, 0.4) is 0 Å². The molecule has 0 saturated carbocycles. The Morgan fingerprint density at radius 1 is 1.42 bits per heavy atom. The largest absolute Gasteiger partial charge is 0.368 e. The number of rotatable bonds is 3. The van der Waals surface area contributed by atoms with Crippen LogP contribution >= 0.6 is 0 Å². The van der Waals surface area contributed by atoms with Crippen molar-refractivity contribution in [3.05, 3.63) is 29.1 Å². The summed E-state index contributed by atoms with van der Waals surface area (Å²) in [6, 6.07) is 5.31. The van der Waals surface area contributed by atoms with Gasteiger partial charge in [0.25, 0.3) is 5.91 Å². The van der Waals surface area contributed by atoms with E-state index in [1.165, 1.54) is 0 Å². The average Bonchev–Trinajstić information content (AvgIpc) is 3.02. The number of hydrogen-bond donors (Lipinski definition) is 3. The van der Waals surface area contributed by atoms with Gasteiger partial charge in [0.15, 0.2) is 0 Å². The molecule has 1 saturated heterocycles. The molecular formula is C15H18N8O. The van der Waals surface area contributed by atoms with Crippen molar-refractivity contribution in [2.24, 2.45) is 0 Å². The SMILES string of the molecule is Cc1nc(C(=O)NC2CCN(c3n[nH]c(N)n3)CC2)ccc1C#N. The molecule has 4 N–H and O–H groups in total. The Morgan fingerprint density at radius 2 is 2.17 bits per heavy atom. The van der Waals surface area contributed by atoms with E-state index >= 15 is 0 Å². The number of aromatic amines is 1. The number of aryl methyl sites for hydroxylation is 1. The van der Waals surface area contributed by atoms with E-state index in [9.17, 15) is 4.79 Å². The average molecular weight is 326 g/mol. The predicted molar refractivity (Wildman–Crippen MR) is 87.2 cm³/mol. The predicted octanol–water partition coefficient (Wildman–Crippen LogP) is 0.361. The first-order valence-corrected chi connectivity index (χ1v) is 7.68. The van der Waals surface area contributed by atoms with E-state index in [4.69, 9.17) is 11.0 Å². The van der Waals surface area contributed by atoms with Gasteiger partial charge in [-0.3, -0.25) is 4.79 Å². The van der Waals surface area contributed by atoms with Crippen LogP contribution < -0.4 is 16.0 Å². The molecule has 0 unspecified atom stereocenters. The first-order valence-electron chi connectivity index (χ1n) is 7.68. The van der Waals surface area contributed by atoms with Gasteiger partial charge >= 0.3 is 0 Å². The monoisotopic (exact) mass is 326 g/mol. The number of amides is 1. The Labute approximate surface area is 138 Å². The Bertz CT molecular complexity index is 785. The van der Waals surface area contributed by atoms with Crippen LogP contribution in [0.15, 0.2) is 12.1 Å². The third kappa shape index (κ3) is 3.27. The van der Waals surface area contributed by atoms with Gasteiger partial charge in [-0.15, -0.1) is 5.10 Å². The molecule has 3 heterocycles. The molecule has 0 aromatic carbocycles. The highest BCUT2D eigenvalue weighted by Crippen LogP contribution is 2.17. The smallest absolute Gasteiger partial charge is 0.270 e. The first kappa shape index (κ1) is 15.7. The van der Waals surface area contributed by atoms with Crippen molar-refractivity contribution in [2.45, 2.75) is 25.8 Å². The number of nitrogens with two attached hydrogens (primary N) is 1. The normalized spacial score (nSPS) is 15.1. The fourth-order valence-electron chi connectivity index (χ4n) is 2.70. The molecule has 124 valence electrons. The maximum absolute atomic E-state index is 12.3. The standard InChI is InChI=1S/C15H18N8O/c1-9-10(8-16)2-3-12(18-9)13(24)19-11-4-6-23(7-5-11)15-20-14(17)21-22-15/h2-3,11H,4-7H2,1H3,(H,19,24)(H3,17,20,21,22). The Kier molecular flexibility index (Phi) is 4.29. The van der Waals surface area contributed by atoms with Crippen molar-refractivity contribution >= 4 is 17.8 Å². The molecule has 0 atom stereocenters. The zero-order chi connectivity index (χ0) is 17.1. The highest BCUT2D eigenvalue weighted by molar-refractivity contribution is 5.92. The van der Waals surface area contributed by atoms with Gasteiger partial charge in [-0.2, -0.15) is 10.2 Å². The van der Waals surface area contributed by atoms with E-state index in [1.807, 2.05) is 11.0 Å². The zero-order valence-corrected chi connectivity index (χ0v) is 13.3. The lowest BCUT2D eigenvalue weighted by Gasteiger charge is -2.31. The molecule has 2 aromatic rings. The number of nitrogens with zero attached hydrogens (tertiary/aromatic N) is 5. The number of carbonyl (C=O) groups excluding carboxylic acids is 1. The summed E-state index contributed by atoms with van der Waals surface area (Å²) in [6.07, 6.45) is 1.57. The van der Waals surface area contributed by atoms with Crippen molar-refractivity contribution in [1.29, 1.82) is 5.26 Å². The second kappa shape index (κ2) is 6.54. The molecule has 1 aliphatic heterocycles. The Morgan fingerprint density at radius 3 is 2.75 bits per heavy atom. The quantitative estimate of drug-likeness (QED) is 0.740. The lowest BCUT2D eigenvalue weighted by molar-refractivity contribution is 0.0926. The van der Waals surface area contributed by atoms with Crippen molar-refractivity contribution in [2.75, 3.05) is 23.7 Å². The third-order valence-corrected chi connectivity index (χ3v) is 4.04. The van der Waals surface area contributed by atoms with Gasteiger partial charge in [0.1, 0.15) is 11.8 Å². The van der Waals surface area contributed by atoms with Gasteiger partial charge in [0.2, 0.25) is 11.9 Å². The molecule has 0 radical (unpaired) electrons. The molecule has 3 rings (SSSR count). The number of nitrogen functional groups attached to an aromatic ring is 1. The van der Waals surface area contributed by atoms with E-state index in [0.717, 1.165) is 25.9 Å². The Hall–Kier alpha value is -3.15. The van der Waals surface area contributed by atoms with Crippen LogP contribution in [0.5, 0.6) is 0 Å². The van der Waals surface area contributed by atoms with Gasteiger partial charge in [-0.1, -0.05) is 0 Å². The maximum Gasteiger partial charge on any atom is 0.270 e. The van der Waals surface area contributed by atoms with Crippen LogP contribution in [0.4, 0.5) is 11.9 Å². The summed E-state index contributed by atoms with van der Waals surface area (Å²) in [6.45, 7) is 3.19. The van der Waals surface area contributed by atoms with Gasteiger partial charge < -0.3 is 16.0 Å². The minimum atomic E-state index is -0.219. The number of piperidine rings is 1. The molecule has 1 amide bonds. The number of H-pyrrole nitrogens is 1. The molecule has 0 spiro atoms. The third-order valence-electron chi connectivity index (χ3n) is 4.04. The summed E-state index contributed by atoms with van der Waals surface area (Å²) < 4.78 is 0. The molecular weight excluding hydrogens is 308 g/mol. The molecule has 1 fully saturated rings. The number of nitrogens with one attached hydrogen (secondary N) is 2. The minimum Gasteiger partial charge on any atom is -0.368 e. The summed E-state index contributed by atoms with van der Waals surface area (Å²) in [5, 5.41) is 18.6. The van der Waals surface area contributed by atoms with Crippen molar-refractivity contribution in [3.63, 3.8) is 0 Å². The molecule has 1 aliphatic rings. The van der Waals surface area contributed by atoms with Gasteiger partial charge in [0, 0.05) is 19.1 Å². The van der Waals surface area contributed by atoms with Gasteiger partial charge in [0.05, 0.1) is 11.3 Å². The molecule has 9 nitrogen and oxygen atoms in total. The fraction of sp³-hybridized carbons (Fsp3) is 0.400. The zero-order valence-electron chi connectivity index (χ0n) is 13.3. The van der Waals surface area contributed by atoms with E-state index in [0.29, 0.717) is 28.8 Å². The first-order chi connectivity index (χ1) is 11.6. The molecule has 0 bridgehead atoms. The van der Waals surface area contributed by atoms with Gasteiger partial charge in [-0.25, -0.2) is 10.1 Å². The summed E-state index contributed by atoms with van der Waals surface area (Å²) in [4.78, 5) is 22.6. The second-order valence-corrected chi connectivity index (χ2v) is 5.70. The molecule has 0 aliphatic carbocycles. The fourth-order valence-corrected chi connectivity index (χ4v) is 2.70. The van der Waals surface area contributed by atoms with Crippen LogP contribution in [0.25, 0.3) is 0 Å².